The SMILES string of the molecule is CNCCCC[C@H](NC(=O)CNC(=O)[C@H](COCc1ccccc1)NC(=O)[C@H](Cc1cccc(C)c1)NC(=O)c1ccc(NC(=O)CCCNC(=O)[C@H](CCC(C)=O)NC(=O)OCC2c3ccccc3-c3ccccc32)cc1F)C(=O)O. The van der Waals surface area contributed by atoms with Gasteiger partial charge in [0, 0.05) is 37.4 Å². The Morgan fingerprint density at radius 2 is 1.30 bits per heavy atom. The molecule has 0 heterocycles. The summed E-state index contributed by atoms with van der Waals surface area (Å²) in [4.78, 5) is 118. The molecule has 9 N–H and O–H groups in total. The molecule has 0 saturated carbocycles. The van der Waals surface area contributed by atoms with Crippen LogP contribution in [0.4, 0.5) is 14.9 Å². The highest BCUT2D eigenvalue weighted by Crippen LogP contribution is 2.44. The van der Waals surface area contributed by atoms with Gasteiger partial charge in [0.2, 0.25) is 29.5 Å². The third-order valence-corrected chi connectivity index (χ3v) is 13.5. The van der Waals surface area contributed by atoms with Crippen LogP contribution < -0.4 is 42.5 Å². The number of hydrogen-bond acceptors (Lipinski definition) is 12. The summed E-state index contributed by atoms with van der Waals surface area (Å²) in [6, 6.07) is 30.0. The van der Waals surface area contributed by atoms with Crippen LogP contribution in [0, 0.1) is 12.7 Å². The van der Waals surface area contributed by atoms with E-state index in [1.54, 1.807) is 49.5 Å². The number of halogens is 1. The first-order valence-corrected chi connectivity index (χ1v) is 27.2. The minimum atomic E-state index is -1.43. The molecule has 6 rings (SSSR count). The van der Waals surface area contributed by atoms with E-state index >= 15 is 4.39 Å². The van der Waals surface area contributed by atoms with Crippen molar-refractivity contribution in [3.05, 3.63) is 161 Å². The van der Waals surface area contributed by atoms with E-state index in [2.05, 4.69) is 42.5 Å². The topological polar surface area (TPSA) is 289 Å². The number of carbonyl (C=O) groups is 9. The number of alkyl carbamates (subject to hydrolysis) is 1. The summed E-state index contributed by atoms with van der Waals surface area (Å²) in [6.45, 7) is 2.93. The summed E-state index contributed by atoms with van der Waals surface area (Å²) in [5.41, 5.74) is 5.91. The maximum atomic E-state index is 15.8. The molecule has 20 nitrogen and oxygen atoms in total. The molecule has 0 aromatic heterocycles. The number of benzene rings is 5. The van der Waals surface area contributed by atoms with Gasteiger partial charge in [0.1, 0.15) is 42.4 Å². The van der Waals surface area contributed by atoms with Crippen LogP contribution in [0.15, 0.2) is 121 Å². The van der Waals surface area contributed by atoms with E-state index in [1.807, 2.05) is 67.6 Å². The number of carboxylic acids is 1. The van der Waals surface area contributed by atoms with Crippen LogP contribution in [-0.4, -0.2) is 122 Å². The summed E-state index contributed by atoms with van der Waals surface area (Å²) in [5, 5.41) is 30.5. The molecule has 0 unspecified atom stereocenters. The van der Waals surface area contributed by atoms with E-state index in [1.165, 1.54) is 13.0 Å². The Labute approximate surface area is 475 Å². The van der Waals surface area contributed by atoms with Gasteiger partial charge in [-0.2, -0.15) is 0 Å². The van der Waals surface area contributed by atoms with Gasteiger partial charge < -0.3 is 61.9 Å². The van der Waals surface area contributed by atoms with Crippen LogP contribution in [0.1, 0.15) is 96.0 Å². The van der Waals surface area contributed by atoms with Crippen LogP contribution in [-0.2, 0) is 56.1 Å². The van der Waals surface area contributed by atoms with Gasteiger partial charge in [-0.15, -0.1) is 0 Å². The fourth-order valence-corrected chi connectivity index (χ4v) is 9.27. The Hall–Kier alpha value is -8.82. The standard InChI is InChI=1S/C61H71FN8O12/c1-38-15-13-18-41(31-38)32-52(59(77)69-53(37-81-35-40-16-5-4-6-17-40)58(76)65-34-55(73)67-51(60(78)79)23-11-12-29-63-3)68-56(74)47-27-26-42(33-49(47)62)66-54(72)24-14-30-64-57(75)50(28-25-39(2)71)70-61(80)82-36-48-45-21-9-7-19-43(45)44-20-8-10-22-46(44)48/h4-10,13,15-22,26-27,31,33,48,50-53,63H,11-12,14,23-25,28-30,32,34-37H2,1-3H3,(H,64,75)(H,65,76)(H,66,72)(H,67,73)(H,68,74)(H,69,77)(H,70,80)(H,78,79)/t50-,51-,52-,53-/m0/s1. The molecule has 0 bridgehead atoms. The number of nitrogens with one attached hydrogen (secondary N) is 8. The van der Waals surface area contributed by atoms with Crippen molar-refractivity contribution in [3.8, 4) is 11.1 Å². The summed E-state index contributed by atoms with van der Waals surface area (Å²) in [7, 11) is 1.77. The Morgan fingerprint density at radius 1 is 0.622 bits per heavy atom. The molecule has 1 aliphatic rings. The zero-order valence-electron chi connectivity index (χ0n) is 46.1. The van der Waals surface area contributed by atoms with Crippen molar-refractivity contribution in [2.24, 2.45) is 0 Å². The number of carbonyl (C=O) groups excluding carboxylic acids is 8. The van der Waals surface area contributed by atoms with Crippen LogP contribution >= 0.6 is 0 Å². The quantitative estimate of drug-likeness (QED) is 0.0246. The lowest BCUT2D eigenvalue weighted by atomic mass is 9.98. The van der Waals surface area contributed by atoms with Gasteiger partial charge in [-0.1, -0.05) is 109 Å². The van der Waals surface area contributed by atoms with E-state index < -0.39 is 89.6 Å². The first kappa shape index (κ1) is 62.4. The average Bonchev–Trinajstić information content (AvgIpc) is 3.38. The fourth-order valence-electron chi connectivity index (χ4n) is 9.27. The Bertz CT molecular complexity index is 3010. The average molecular weight is 1130 g/mol. The lowest BCUT2D eigenvalue weighted by Gasteiger charge is -2.24. The number of ether oxygens (including phenoxy) is 2. The van der Waals surface area contributed by atoms with E-state index in [0.29, 0.717) is 24.9 Å². The van der Waals surface area contributed by atoms with Crippen LogP contribution in [0.5, 0.6) is 0 Å². The third-order valence-electron chi connectivity index (χ3n) is 13.5. The lowest BCUT2D eigenvalue weighted by Crippen LogP contribution is -2.56. The van der Waals surface area contributed by atoms with Gasteiger partial charge in [-0.25, -0.2) is 14.0 Å². The first-order valence-electron chi connectivity index (χ1n) is 27.2. The zero-order valence-corrected chi connectivity index (χ0v) is 46.1. The monoisotopic (exact) mass is 1130 g/mol. The van der Waals surface area contributed by atoms with Crippen molar-refractivity contribution in [1.29, 1.82) is 0 Å². The molecule has 5 aromatic rings. The van der Waals surface area contributed by atoms with Crippen molar-refractivity contribution >= 4 is 59.0 Å². The number of carboxylic acid groups (broad SMARTS) is 1. The van der Waals surface area contributed by atoms with Gasteiger partial charge in [-0.05, 0) is 111 Å². The molecule has 7 amide bonds. The minimum absolute atomic E-state index is 0.00905. The van der Waals surface area contributed by atoms with E-state index in [9.17, 15) is 48.3 Å². The van der Waals surface area contributed by atoms with Crippen LogP contribution in [0.25, 0.3) is 11.1 Å². The molecule has 0 fully saturated rings. The fraction of sp³-hybridized carbons (Fsp3) is 0.361. The van der Waals surface area contributed by atoms with Crippen LogP contribution in [0.2, 0.25) is 0 Å². The molecule has 0 aliphatic heterocycles. The van der Waals surface area contributed by atoms with E-state index in [0.717, 1.165) is 45.5 Å². The largest absolute Gasteiger partial charge is 0.480 e. The zero-order chi connectivity index (χ0) is 59.0. The maximum Gasteiger partial charge on any atom is 0.407 e. The molecule has 434 valence electrons. The lowest BCUT2D eigenvalue weighted by molar-refractivity contribution is -0.142. The van der Waals surface area contributed by atoms with Crippen molar-refractivity contribution in [3.63, 3.8) is 0 Å². The highest BCUT2D eigenvalue weighted by Gasteiger charge is 2.32. The molecule has 0 spiro atoms. The first-order chi connectivity index (χ1) is 39.5. The predicted molar refractivity (Wildman–Crippen MR) is 304 cm³/mol. The summed E-state index contributed by atoms with van der Waals surface area (Å²) in [6.07, 6.45) is 0.471. The number of rotatable bonds is 32. The number of fused-ring (bicyclic) bond motifs is 3. The van der Waals surface area contributed by atoms with Gasteiger partial charge in [0.25, 0.3) is 5.91 Å². The normalized spacial score (nSPS) is 12.9. The van der Waals surface area contributed by atoms with Crippen molar-refractivity contribution < 1.29 is 62.1 Å². The summed E-state index contributed by atoms with van der Waals surface area (Å²) in [5.74, 6) is -7.26. The number of Topliss-reactive ketones (excluding diaryl/α,β-unsaturated/α-hetero) is 1. The second-order valence-electron chi connectivity index (χ2n) is 20.0. The molecular formula is C61H71FN8O12. The second-order valence-corrected chi connectivity index (χ2v) is 20.0. The number of amides is 7. The molecule has 0 radical (unpaired) electrons. The molecule has 5 aromatic carbocycles. The molecular weight excluding hydrogens is 1060 g/mol. The van der Waals surface area contributed by atoms with Gasteiger partial charge in [0.15, 0.2) is 0 Å². The Morgan fingerprint density at radius 3 is 1.98 bits per heavy atom. The van der Waals surface area contributed by atoms with Crippen molar-refractivity contribution in [1.82, 2.24) is 37.2 Å². The molecule has 1 aliphatic carbocycles. The number of aryl methyl sites for hydroxylation is 1. The van der Waals surface area contributed by atoms with Gasteiger partial charge in [-0.3, -0.25) is 28.8 Å². The number of aliphatic carboxylic acids is 1. The maximum absolute atomic E-state index is 15.8. The smallest absolute Gasteiger partial charge is 0.407 e. The number of hydrogen-bond donors (Lipinski definition) is 9. The molecule has 21 heteroatoms. The van der Waals surface area contributed by atoms with Crippen molar-refractivity contribution in [2.45, 2.75) is 102 Å². The Balaban J connectivity index is 1.03. The van der Waals surface area contributed by atoms with Crippen LogP contribution in [0.3, 0.4) is 0 Å². The van der Waals surface area contributed by atoms with E-state index in [4.69, 9.17) is 9.47 Å². The molecule has 0 saturated heterocycles. The van der Waals surface area contributed by atoms with E-state index in [-0.39, 0.29) is 82.3 Å². The number of anilines is 1. The predicted octanol–water partition coefficient (Wildman–Crippen LogP) is 5.36. The number of ketones is 1. The van der Waals surface area contributed by atoms with Gasteiger partial charge >= 0.3 is 12.1 Å². The van der Waals surface area contributed by atoms with Gasteiger partial charge in [0.05, 0.1) is 25.3 Å². The molecule has 82 heavy (non-hydrogen) atoms. The second kappa shape index (κ2) is 31.8. The summed E-state index contributed by atoms with van der Waals surface area (Å²) < 4.78 is 27.3. The number of unbranched alkanes of at least 4 members (excludes halogenated alkanes) is 1. The minimum Gasteiger partial charge on any atom is -0.480 e. The third kappa shape index (κ3) is 19.5. The Kier molecular flexibility index (Phi) is 24.2. The highest BCUT2D eigenvalue weighted by molar-refractivity contribution is 6.00. The van der Waals surface area contributed by atoms with Crippen molar-refractivity contribution in [2.75, 3.05) is 45.2 Å². The highest BCUT2D eigenvalue weighted by atomic mass is 19.1. The summed E-state index contributed by atoms with van der Waals surface area (Å²) >= 11 is 0. The molecule has 4 atom stereocenters.